The van der Waals surface area contributed by atoms with Gasteiger partial charge < -0.3 is 35.1 Å². The summed E-state index contributed by atoms with van der Waals surface area (Å²) in [6.45, 7) is 21.9. The van der Waals surface area contributed by atoms with Crippen LogP contribution in [0.4, 0.5) is 9.59 Å². The number of carbonyl (C=O) groups excluding carboxylic acids is 4. The van der Waals surface area contributed by atoms with Gasteiger partial charge in [0, 0.05) is 54.4 Å². The number of thioether (sulfide) groups is 2. The van der Waals surface area contributed by atoms with Crippen molar-refractivity contribution in [3.05, 3.63) is 0 Å². The van der Waals surface area contributed by atoms with Crippen molar-refractivity contribution in [1.29, 1.82) is 0 Å². The second-order valence-corrected chi connectivity index (χ2v) is 19.0. The highest BCUT2D eigenvalue weighted by molar-refractivity contribution is 8.00. The molecule has 11 nitrogen and oxygen atoms in total. The number of terminal acetylenes is 1. The van der Waals surface area contributed by atoms with Gasteiger partial charge in [-0.1, -0.05) is 26.7 Å². The number of ketones is 2. The van der Waals surface area contributed by atoms with Gasteiger partial charge in [0.2, 0.25) is 0 Å². The Kier molecular flexibility index (Phi) is 31.1. The fourth-order valence-corrected chi connectivity index (χ4v) is 7.24. The fourth-order valence-electron chi connectivity index (χ4n) is 5.06. The molecule has 0 aromatic rings. The Hall–Kier alpha value is -1.98. The first-order chi connectivity index (χ1) is 25.6. The third kappa shape index (κ3) is 35.0. The number of nitrogens with one attached hydrogen (secondary N) is 2. The molecule has 13 heteroatoms. The Bertz CT molecular complexity index is 1100. The van der Waals surface area contributed by atoms with E-state index in [1.165, 1.54) is 0 Å². The molecule has 0 rings (SSSR count). The molecule has 2 amide bonds. The molecule has 0 aliphatic rings. The summed E-state index contributed by atoms with van der Waals surface area (Å²) in [5, 5.41) is 26.7. The summed E-state index contributed by atoms with van der Waals surface area (Å²) in [6, 6.07) is 0. The summed E-state index contributed by atoms with van der Waals surface area (Å²) in [7, 11) is 0. The highest BCUT2D eigenvalue weighted by Gasteiger charge is 2.27. The molecule has 0 fully saturated rings. The van der Waals surface area contributed by atoms with E-state index in [-0.39, 0.29) is 30.4 Å². The molecule has 0 aromatic carbocycles. The van der Waals surface area contributed by atoms with E-state index < -0.39 is 29.0 Å². The molecule has 0 saturated carbocycles. The number of alkyl carbamates (subject to hydrolysis) is 2. The maximum Gasteiger partial charge on any atom is 0.407 e. The molecular weight excluding hydrogens is 741 g/mol. The quantitative estimate of drug-likeness (QED) is 0.0442. The van der Waals surface area contributed by atoms with E-state index in [4.69, 9.17) is 20.6 Å². The fraction of sp³-hybridized carbons (Fsp3) is 0.857. The van der Waals surface area contributed by atoms with Gasteiger partial charge in [-0.3, -0.25) is 9.59 Å². The van der Waals surface area contributed by atoms with Crippen LogP contribution < -0.4 is 10.6 Å². The van der Waals surface area contributed by atoms with E-state index >= 15 is 0 Å². The minimum absolute atomic E-state index is 0.00410. The van der Waals surface area contributed by atoms with Gasteiger partial charge in [-0.2, -0.15) is 23.5 Å². The molecule has 55 heavy (non-hydrogen) atoms. The molecule has 4 unspecified atom stereocenters. The summed E-state index contributed by atoms with van der Waals surface area (Å²) in [5.41, 5.74) is -1.84. The highest BCUT2D eigenvalue weighted by atomic mass is 32.2. The summed E-state index contributed by atoms with van der Waals surface area (Å²) in [6.07, 6.45) is 13.3. The van der Waals surface area contributed by atoms with Crippen LogP contribution in [0.5, 0.6) is 0 Å². The monoisotopic (exact) mass is 819 g/mol. The van der Waals surface area contributed by atoms with Gasteiger partial charge in [-0.05, 0) is 120 Å². The van der Waals surface area contributed by atoms with E-state index in [9.17, 15) is 29.4 Å². The first-order valence-corrected chi connectivity index (χ1v) is 22.3. The van der Waals surface area contributed by atoms with E-state index in [2.05, 4.69) is 30.4 Å². The van der Waals surface area contributed by atoms with Crippen molar-refractivity contribution in [3.8, 4) is 12.3 Å². The van der Waals surface area contributed by atoms with Crippen LogP contribution in [0.2, 0.25) is 0 Å². The molecule has 0 aliphatic carbocycles. The zero-order chi connectivity index (χ0) is 42.5. The molecule has 0 heterocycles. The van der Waals surface area contributed by atoms with Crippen LogP contribution >= 0.6 is 23.5 Å². The molecular formula is C42H78N2O9S2. The standard InChI is InChI=1S/C23H41NO5S.C19H37NO4S/c1-8-16-28-23(6,7)20(26)12-10-11-18(25)13-14-19(9-2)30-17-15-24-21(27)29-22(3,4)5;1-6-15(21)9-8-10-16(22)11-12-17(7-2)25-14-13-20-18(23)24-19(3,4)5/h1,18-19,25H,9-17H2,2-7H3,(H,24,27);16-17,22H,6-14H2,1-5H3,(H,20,23). The Morgan fingerprint density at radius 1 is 0.673 bits per heavy atom. The predicted octanol–water partition coefficient (Wildman–Crippen LogP) is 8.65. The zero-order valence-electron chi connectivity index (χ0n) is 36.2. The normalized spacial score (nSPS) is 14.0. The number of carbonyl (C=O) groups is 4. The van der Waals surface area contributed by atoms with Crippen molar-refractivity contribution in [2.24, 2.45) is 0 Å². The summed E-state index contributed by atoms with van der Waals surface area (Å²) < 4.78 is 15.8. The van der Waals surface area contributed by atoms with Gasteiger partial charge in [0.05, 0.1) is 12.2 Å². The van der Waals surface area contributed by atoms with E-state index in [1.54, 1.807) is 25.6 Å². The van der Waals surface area contributed by atoms with Crippen molar-refractivity contribution in [3.63, 3.8) is 0 Å². The van der Waals surface area contributed by atoms with Crippen LogP contribution in [0, 0.1) is 12.3 Å². The summed E-state index contributed by atoms with van der Waals surface area (Å²) in [5.74, 6) is 4.28. The van der Waals surface area contributed by atoms with Crippen LogP contribution in [-0.4, -0.2) is 105 Å². The minimum Gasteiger partial charge on any atom is -0.444 e. The van der Waals surface area contributed by atoms with Crippen molar-refractivity contribution in [1.82, 2.24) is 10.6 Å². The number of aliphatic hydroxyl groups is 2. The Morgan fingerprint density at radius 2 is 1.09 bits per heavy atom. The summed E-state index contributed by atoms with van der Waals surface area (Å²) >= 11 is 3.62. The van der Waals surface area contributed by atoms with Gasteiger partial charge in [0.15, 0.2) is 5.78 Å². The first-order valence-electron chi connectivity index (χ1n) is 20.2. The Morgan fingerprint density at radius 3 is 1.45 bits per heavy atom. The van der Waals surface area contributed by atoms with Crippen LogP contribution in [-0.2, 0) is 23.8 Å². The number of amides is 2. The minimum atomic E-state index is -0.880. The average molecular weight is 819 g/mol. The van der Waals surface area contributed by atoms with Gasteiger partial charge in [-0.15, -0.1) is 6.42 Å². The molecule has 4 N–H and O–H groups in total. The van der Waals surface area contributed by atoms with E-state index in [0.29, 0.717) is 68.5 Å². The smallest absolute Gasteiger partial charge is 0.407 e. The van der Waals surface area contributed by atoms with Crippen LogP contribution in [0.25, 0.3) is 0 Å². The van der Waals surface area contributed by atoms with Crippen LogP contribution in [0.1, 0.15) is 160 Å². The Labute approximate surface area is 343 Å². The van der Waals surface area contributed by atoms with Gasteiger partial charge in [0.25, 0.3) is 0 Å². The zero-order valence-corrected chi connectivity index (χ0v) is 37.8. The molecule has 0 bridgehead atoms. The third-order valence-corrected chi connectivity index (χ3v) is 11.3. The van der Waals surface area contributed by atoms with Crippen molar-refractivity contribution >= 4 is 47.3 Å². The van der Waals surface area contributed by atoms with Crippen molar-refractivity contribution < 1.29 is 43.6 Å². The maximum absolute atomic E-state index is 12.2. The predicted molar refractivity (Wildman–Crippen MR) is 229 cm³/mol. The topological polar surface area (TPSA) is 160 Å². The highest BCUT2D eigenvalue weighted by Crippen LogP contribution is 2.23. The van der Waals surface area contributed by atoms with Crippen molar-refractivity contribution in [2.75, 3.05) is 31.2 Å². The third-order valence-electron chi connectivity index (χ3n) is 8.32. The number of ether oxygens (including phenoxy) is 3. The second kappa shape index (κ2) is 31.1. The van der Waals surface area contributed by atoms with Gasteiger partial charge in [0.1, 0.15) is 29.2 Å². The van der Waals surface area contributed by atoms with E-state index in [1.807, 2.05) is 60.2 Å². The SMILES string of the molecule is C#CCOC(C)(C)C(=O)CCCC(O)CCC(CC)SCCNC(=O)OC(C)(C)C.CCC(=O)CCCC(O)CCC(CC)SCCNC(=O)OC(C)(C)C. The van der Waals surface area contributed by atoms with Gasteiger partial charge in [-0.25, -0.2) is 9.59 Å². The van der Waals surface area contributed by atoms with Crippen LogP contribution in [0.15, 0.2) is 0 Å². The van der Waals surface area contributed by atoms with E-state index in [0.717, 1.165) is 50.0 Å². The number of hydrogen-bond donors (Lipinski definition) is 4. The number of Topliss-reactive ketones (excluding diaryl/α,β-unsaturated/α-hetero) is 2. The lowest BCUT2D eigenvalue weighted by molar-refractivity contribution is -0.139. The van der Waals surface area contributed by atoms with Gasteiger partial charge >= 0.3 is 12.2 Å². The largest absolute Gasteiger partial charge is 0.444 e. The molecule has 0 aromatic heterocycles. The average Bonchev–Trinajstić information content (AvgIpc) is 3.08. The lowest BCUT2D eigenvalue weighted by atomic mass is 9.96. The molecule has 322 valence electrons. The number of aliphatic hydroxyl groups excluding tert-OH is 2. The molecule has 0 radical (unpaired) electrons. The first kappa shape index (κ1) is 55.1. The lowest BCUT2D eigenvalue weighted by Gasteiger charge is -2.23. The molecule has 0 spiro atoms. The molecule has 4 atom stereocenters. The lowest BCUT2D eigenvalue weighted by Crippen LogP contribution is -2.35. The summed E-state index contributed by atoms with van der Waals surface area (Å²) in [4.78, 5) is 46.7. The van der Waals surface area contributed by atoms with Crippen LogP contribution in [0.3, 0.4) is 0 Å². The molecule has 0 aliphatic heterocycles. The number of rotatable bonds is 28. The second-order valence-electron chi connectivity index (χ2n) is 16.2. The number of hydrogen-bond acceptors (Lipinski definition) is 11. The molecule has 0 saturated heterocycles. The Balaban J connectivity index is 0. The maximum atomic E-state index is 12.2. The van der Waals surface area contributed by atoms with Crippen molar-refractivity contribution in [2.45, 2.75) is 199 Å².